The average Bonchev–Trinajstić information content (AvgIpc) is 3.68. The van der Waals surface area contributed by atoms with Crippen molar-refractivity contribution < 1.29 is 17.9 Å². The molecule has 4 fully saturated rings. The zero-order valence-corrected chi connectivity index (χ0v) is 22.3. The number of carbonyl (C=O) groups excluding carboxylic acids is 1. The van der Waals surface area contributed by atoms with Crippen LogP contribution in [0.15, 0.2) is 47.6 Å². The molecular formula is C27H35N5O4S. The van der Waals surface area contributed by atoms with Crippen LogP contribution in [-0.4, -0.2) is 83.9 Å². The molecule has 6 rings (SSSR count). The van der Waals surface area contributed by atoms with Gasteiger partial charge in [-0.15, -0.1) is 0 Å². The maximum Gasteiger partial charge on any atom is 0.410 e. The summed E-state index contributed by atoms with van der Waals surface area (Å²) >= 11 is 0. The number of aromatic nitrogens is 2. The molecule has 3 heterocycles. The number of hydrogen-bond acceptors (Lipinski definition) is 8. The van der Waals surface area contributed by atoms with Crippen molar-refractivity contribution in [2.75, 3.05) is 31.1 Å². The predicted octanol–water partition coefficient (Wildman–Crippen LogP) is 3.11. The average molecular weight is 526 g/mol. The minimum Gasteiger partial charge on any atom is -0.446 e. The molecule has 1 spiro atoms. The van der Waals surface area contributed by atoms with Crippen LogP contribution in [0.5, 0.6) is 0 Å². The second-order valence-electron chi connectivity index (χ2n) is 11.5. The van der Waals surface area contributed by atoms with Crippen LogP contribution < -0.4 is 4.90 Å². The van der Waals surface area contributed by atoms with Gasteiger partial charge in [-0.2, -0.15) is 0 Å². The Morgan fingerprint density at radius 2 is 1.65 bits per heavy atom. The summed E-state index contributed by atoms with van der Waals surface area (Å²) in [6.45, 7) is 8.27. The van der Waals surface area contributed by atoms with Crippen LogP contribution in [0.3, 0.4) is 0 Å². The monoisotopic (exact) mass is 525 g/mol. The summed E-state index contributed by atoms with van der Waals surface area (Å²) < 4.78 is 30.8. The number of amides is 1. The van der Waals surface area contributed by atoms with Gasteiger partial charge in [0.1, 0.15) is 11.0 Å². The van der Waals surface area contributed by atoms with E-state index in [0.29, 0.717) is 37.3 Å². The Hall–Kier alpha value is -2.72. The van der Waals surface area contributed by atoms with Gasteiger partial charge < -0.3 is 9.64 Å². The van der Waals surface area contributed by atoms with Gasteiger partial charge in [-0.1, -0.05) is 30.3 Å². The Morgan fingerprint density at radius 3 is 2.24 bits per heavy atom. The van der Waals surface area contributed by atoms with Crippen LogP contribution in [0.4, 0.5) is 10.7 Å². The smallest absolute Gasteiger partial charge is 0.410 e. The van der Waals surface area contributed by atoms with Crippen molar-refractivity contribution in [2.45, 2.75) is 74.4 Å². The highest BCUT2D eigenvalue weighted by atomic mass is 32.2. The van der Waals surface area contributed by atoms with E-state index in [1.54, 1.807) is 0 Å². The Balaban J connectivity index is 0.986. The lowest BCUT2D eigenvalue weighted by molar-refractivity contribution is -0.137. The molecule has 2 atom stereocenters. The van der Waals surface area contributed by atoms with Crippen LogP contribution in [0, 0.1) is 5.41 Å². The van der Waals surface area contributed by atoms with Crippen molar-refractivity contribution in [3.63, 3.8) is 0 Å². The molecule has 4 aliphatic rings. The molecule has 2 saturated heterocycles. The fourth-order valence-corrected chi connectivity index (χ4v) is 7.88. The summed E-state index contributed by atoms with van der Waals surface area (Å²) in [5.41, 5.74) is 1.65. The number of sulfone groups is 1. The first-order chi connectivity index (χ1) is 17.7. The normalized spacial score (nSPS) is 26.0. The number of benzene rings is 1. The summed E-state index contributed by atoms with van der Waals surface area (Å²) in [5, 5.41) is -0.278. The quantitative estimate of drug-likeness (QED) is 0.568. The summed E-state index contributed by atoms with van der Waals surface area (Å²) in [6, 6.07) is 10.4. The van der Waals surface area contributed by atoms with Crippen molar-refractivity contribution in [1.29, 1.82) is 0 Å². The first-order valence-electron chi connectivity index (χ1n) is 13.3. The van der Waals surface area contributed by atoms with Gasteiger partial charge in [0.05, 0.1) is 29.7 Å². The highest BCUT2D eigenvalue weighted by Crippen LogP contribution is 2.50. The van der Waals surface area contributed by atoms with E-state index in [1.165, 1.54) is 18.0 Å². The molecule has 9 nitrogen and oxygen atoms in total. The summed E-state index contributed by atoms with van der Waals surface area (Å²) in [5.74, 6) is 0.493. The minimum absolute atomic E-state index is 0.00639. The van der Waals surface area contributed by atoms with Gasteiger partial charge in [0.2, 0.25) is 5.95 Å². The number of hydrogen-bond donors (Lipinski definition) is 0. The maximum atomic E-state index is 13.1. The number of piperazine rings is 1. The number of carbonyl (C=O) groups is 1. The van der Waals surface area contributed by atoms with E-state index < -0.39 is 9.84 Å². The van der Waals surface area contributed by atoms with Crippen molar-refractivity contribution in [1.82, 2.24) is 19.8 Å². The van der Waals surface area contributed by atoms with Gasteiger partial charge in [-0.3, -0.25) is 9.80 Å². The number of likely N-dealkylation sites (tertiary alicyclic amines) is 1. The molecule has 2 aliphatic heterocycles. The molecule has 0 bridgehead atoms. The fraction of sp³-hybridized carbons (Fsp3) is 0.593. The van der Waals surface area contributed by atoms with Crippen molar-refractivity contribution >= 4 is 21.9 Å². The molecule has 0 radical (unpaired) electrons. The molecule has 0 N–H and O–H groups in total. The van der Waals surface area contributed by atoms with Gasteiger partial charge in [0, 0.05) is 38.1 Å². The van der Waals surface area contributed by atoms with Crippen LogP contribution in [-0.2, 0) is 21.1 Å². The lowest BCUT2D eigenvalue weighted by Crippen LogP contribution is -2.65. The second kappa shape index (κ2) is 9.23. The lowest BCUT2D eigenvalue weighted by atomic mass is 9.61. The third-order valence-corrected chi connectivity index (χ3v) is 10.5. The standard InChI is InChI=1S/C27H35N5O4S/c1-19-14-31(25-28-12-24(13-29-25)37(34,35)23-8-9-23)15-20(2)32(19)26(33)36-22-10-27(11-22)17-30(18-27)16-21-6-4-3-5-7-21/h3-7,12-13,19-20,22-23H,8-11,14-18H2,1-2H3/t19-,20-/m1/s1. The molecule has 1 aromatic carbocycles. The lowest BCUT2D eigenvalue weighted by Gasteiger charge is -2.58. The van der Waals surface area contributed by atoms with E-state index >= 15 is 0 Å². The first-order valence-corrected chi connectivity index (χ1v) is 14.8. The van der Waals surface area contributed by atoms with E-state index in [0.717, 1.165) is 32.5 Å². The molecule has 1 amide bonds. The van der Waals surface area contributed by atoms with Crippen molar-refractivity contribution in [3.05, 3.63) is 48.3 Å². The molecule has 1 aromatic heterocycles. The molecule has 0 unspecified atom stereocenters. The Morgan fingerprint density at radius 1 is 1.03 bits per heavy atom. The number of ether oxygens (including phenoxy) is 1. The van der Waals surface area contributed by atoms with Crippen LogP contribution >= 0.6 is 0 Å². The zero-order valence-electron chi connectivity index (χ0n) is 21.5. The number of anilines is 1. The van der Waals surface area contributed by atoms with Gasteiger partial charge in [-0.05, 0) is 45.1 Å². The van der Waals surface area contributed by atoms with Crippen LogP contribution in [0.1, 0.15) is 45.1 Å². The van der Waals surface area contributed by atoms with Crippen molar-refractivity contribution in [3.8, 4) is 0 Å². The Labute approximate surface area is 218 Å². The second-order valence-corrected chi connectivity index (χ2v) is 13.7. The number of rotatable bonds is 6. The Bertz CT molecular complexity index is 1230. The molecule has 2 saturated carbocycles. The van der Waals surface area contributed by atoms with E-state index in [2.05, 4.69) is 39.1 Å². The summed E-state index contributed by atoms with van der Waals surface area (Å²) in [6.07, 6.45) is 5.89. The summed E-state index contributed by atoms with van der Waals surface area (Å²) in [4.78, 5) is 28.3. The zero-order chi connectivity index (χ0) is 25.8. The van der Waals surface area contributed by atoms with E-state index in [9.17, 15) is 13.2 Å². The van der Waals surface area contributed by atoms with E-state index in [-0.39, 0.29) is 34.4 Å². The van der Waals surface area contributed by atoms with Gasteiger partial charge in [-0.25, -0.2) is 23.2 Å². The summed E-state index contributed by atoms with van der Waals surface area (Å²) in [7, 11) is -3.30. The SMILES string of the molecule is C[C@@H]1CN(c2ncc(S(=O)(=O)C3CC3)cn2)C[C@@H](C)N1C(=O)OC1CC2(C1)CN(Cc1ccccc1)C2. The molecule has 10 heteroatoms. The maximum absolute atomic E-state index is 13.1. The Kier molecular flexibility index (Phi) is 6.14. The van der Waals surface area contributed by atoms with Crippen LogP contribution in [0.2, 0.25) is 0 Å². The van der Waals surface area contributed by atoms with E-state index in [1.807, 2.05) is 29.7 Å². The largest absolute Gasteiger partial charge is 0.446 e. The van der Waals surface area contributed by atoms with E-state index in [4.69, 9.17) is 4.74 Å². The van der Waals surface area contributed by atoms with Gasteiger partial charge in [0.15, 0.2) is 9.84 Å². The van der Waals surface area contributed by atoms with Gasteiger partial charge >= 0.3 is 6.09 Å². The van der Waals surface area contributed by atoms with Crippen molar-refractivity contribution in [2.24, 2.45) is 5.41 Å². The fourth-order valence-electron chi connectivity index (χ4n) is 6.34. The topological polar surface area (TPSA) is 95.9 Å². The third-order valence-electron chi connectivity index (χ3n) is 8.27. The molecule has 37 heavy (non-hydrogen) atoms. The highest BCUT2D eigenvalue weighted by molar-refractivity contribution is 7.92. The molecule has 198 valence electrons. The molecular weight excluding hydrogens is 490 g/mol. The third kappa shape index (κ3) is 4.81. The first kappa shape index (κ1) is 24.6. The van der Waals surface area contributed by atoms with Gasteiger partial charge in [0.25, 0.3) is 0 Å². The predicted molar refractivity (Wildman–Crippen MR) is 139 cm³/mol. The molecule has 2 aliphatic carbocycles. The minimum atomic E-state index is -3.30. The van der Waals surface area contributed by atoms with Crippen LogP contribution in [0.25, 0.3) is 0 Å². The highest BCUT2D eigenvalue weighted by Gasteiger charge is 2.54. The molecule has 2 aromatic rings. The number of nitrogens with zero attached hydrogens (tertiary/aromatic N) is 5.